The predicted octanol–water partition coefficient (Wildman–Crippen LogP) is 6.82. The molecule has 2 heteroatoms. The van der Waals surface area contributed by atoms with E-state index in [9.17, 15) is 0 Å². The third-order valence-electron chi connectivity index (χ3n) is 6.85. The first-order valence-corrected chi connectivity index (χ1v) is 12.3. The maximum atomic E-state index is 5.87. The molecule has 0 aromatic heterocycles. The van der Waals surface area contributed by atoms with Crippen LogP contribution in [0.2, 0.25) is 0 Å². The van der Waals surface area contributed by atoms with E-state index in [-0.39, 0.29) is 0 Å². The number of hydrogen-bond donors (Lipinski definition) is 2. The van der Waals surface area contributed by atoms with Gasteiger partial charge in [0.1, 0.15) is 0 Å². The van der Waals surface area contributed by atoms with E-state index in [1.807, 2.05) is 12.1 Å². The van der Waals surface area contributed by atoms with Gasteiger partial charge in [-0.15, -0.1) is 0 Å². The van der Waals surface area contributed by atoms with E-state index in [1.165, 1.54) is 44.5 Å². The van der Waals surface area contributed by atoms with Crippen molar-refractivity contribution in [2.45, 2.75) is 52.4 Å². The molecule has 4 N–H and O–H groups in total. The minimum absolute atomic E-state index is 0.841. The van der Waals surface area contributed by atoms with Crippen molar-refractivity contribution in [1.82, 2.24) is 0 Å². The highest BCUT2D eigenvalue weighted by Crippen LogP contribution is 2.18. The zero-order valence-electron chi connectivity index (χ0n) is 20.5. The zero-order chi connectivity index (χ0) is 23.9. The quantitative estimate of drug-likeness (QED) is 0.276. The molecule has 0 aliphatic heterocycles. The minimum Gasteiger partial charge on any atom is -0.399 e. The topological polar surface area (TPSA) is 52.0 Å². The zero-order valence-corrected chi connectivity index (χ0v) is 20.5. The van der Waals surface area contributed by atoms with Crippen molar-refractivity contribution in [2.24, 2.45) is 0 Å². The standard InChI is InChI=1S/C32H36N2/c1-23-21-31(33)19-17-29(23)15-13-27-9-5-25(6-10-27)3-4-26-7-11-28(12-8-26)14-16-30-18-20-32(34)22-24(30)2/h5-12,17-22H,3-4,13-16,33-34H2,1-2H3. The summed E-state index contributed by atoms with van der Waals surface area (Å²) in [5, 5.41) is 0. The van der Waals surface area contributed by atoms with Crippen molar-refractivity contribution < 1.29 is 0 Å². The van der Waals surface area contributed by atoms with Crippen LogP contribution in [-0.2, 0) is 38.5 Å². The summed E-state index contributed by atoms with van der Waals surface area (Å²) >= 11 is 0. The third-order valence-corrected chi connectivity index (χ3v) is 6.85. The Morgan fingerprint density at radius 1 is 0.412 bits per heavy atom. The molecule has 4 rings (SSSR count). The summed E-state index contributed by atoms with van der Waals surface area (Å²) in [6, 6.07) is 30.7. The fourth-order valence-electron chi connectivity index (χ4n) is 4.59. The van der Waals surface area contributed by atoms with E-state index < -0.39 is 0 Å². The van der Waals surface area contributed by atoms with Gasteiger partial charge in [0.2, 0.25) is 0 Å². The van der Waals surface area contributed by atoms with Crippen LogP contribution in [0.3, 0.4) is 0 Å². The van der Waals surface area contributed by atoms with Crippen molar-refractivity contribution in [3.63, 3.8) is 0 Å². The highest BCUT2D eigenvalue weighted by molar-refractivity contribution is 5.45. The molecule has 0 radical (unpaired) electrons. The van der Waals surface area contributed by atoms with E-state index in [0.29, 0.717) is 0 Å². The SMILES string of the molecule is Cc1cc(N)ccc1CCc1ccc(CCc2ccc(CCc3ccc(N)cc3C)cc2)cc1. The van der Waals surface area contributed by atoms with Gasteiger partial charge in [0, 0.05) is 11.4 Å². The molecular formula is C32H36N2. The number of rotatable bonds is 9. The Labute approximate surface area is 204 Å². The van der Waals surface area contributed by atoms with Crippen LogP contribution in [0.4, 0.5) is 11.4 Å². The lowest BCUT2D eigenvalue weighted by molar-refractivity contribution is 0.927. The lowest BCUT2D eigenvalue weighted by Crippen LogP contribution is -1.97. The third kappa shape index (κ3) is 6.51. The minimum atomic E-state index is 0.841. The largest absolute Gasteiger partial charge is 0.399 e. The summed E-state index contributed by atoms with van der Waals surface area (Å²) in [6.45, 7) is 4.28. The van der Waals surface area contributed by atoms with Gasteiger partial charge in [0.25, 0.3) is 0 Å². The monoisotopic (exact) mass is 448 g/mol. The van der Waals surface area contributed by atoms with Gasteiger partial charge in [0.05, 0.1) is 0 Å². The van der Waals surface area contributed by atoms with Gasteiger partial charge in [-0.2, -0.15) is 0 Å². The Morgan fingerprint density at radius 2 is 0.706 bits per heavy atom. The Bertz CT molecular complexity index is 1120. The second kappa shape index (κ2) is 11.1. The molecule has 0 spiro atoms. The Kier molecular flexibility index (Phi) is 7.69. The molecule has 0 aliphatic rings. The van der Waals surface area contributed by atoms with Gasteiger partial charge in [-0.25, -0.2) is 0 Å². The van der Waals surface area contributed by atoms with Crippen molar-refractivity contribution >= 4 is 11.4 Å². The summed E-state index contributed by atoms with van der Waals surface area (Å²) in [6.07, 6.45) is 6.36. The van der Waals surface area contributed by atoms with E-state index in [0.717, 1.165) is 49.9 Å². The smallest absolute Gasteiger partial charge is 0.0316 e. The second-order valence-electron chi connectivity index (χ2n) is 9.50. The van der Waals surface area contributed by atoms with Crippen LogP contribution in [0.25, 0.3) is 0 Å². The molecule has 34 heavy (non-hydrogen) atoms. The summed E-state index contributed by atoms with van der Waals surface area (Å²) in [4.78, 5) is 0. The van der Waals surface area contributed by atoms with Crippen molar-refractivity contribution in [3.8, 4) is 0 Å². The van der Waals surface area contributed by atoms with Crippen LogP contribution in [0.5, 0.6) is 0 Å². The summed E-state index contributed by atoms with van der Waals surface area (Å²) in [5.74, 6) is 0. The average Bonchev–Trinajstić information content (AvgIpc) is 2.83. The normalized spacial score (nSPS) is 11.0. The number of hydrogen-bond acceptors (Lipinski definition) is 2. The molecule has 0 saturated heterocycles. The molecule has 4 aromatic rings. The molecule has 0 heterocycles. The molecule has 0 aliphatic carbocycles. The van der Waals surface area contributed by atoms with Crippen LogP contribution >= 0.6 is 0 Å². The lowest BCUT2D eigenvalue weighted by atomic mass is 9.97. The Balaban J connectivity index is 1.24. The first kappa shape index (κ1) is 23.6. The maximum Gasteiger partial charge on any atom is 0.0316 e. The molecular weight excluding hydrogens is 412 g/mol. The molecule has 174 valence electrons. The molecule has 0 saturated carbocycles. The molecule has 0 fully saturated rings. The van der Waals surface area contributed by atoms with Gasteiger partial charge >= 0.3 is 0 Å². The molecule has 0 unspecified atom stereocenters. The van der Waals surface area contributed by atoms with Gasteiger partial charge in [0.15, 0.2) is 0 Å². The van der Waals surface area contributed by atoms with Crippen LogP contribution in [0.1, 0.15) is 44.5 Å². The summed E-state index contributed by atoms with van der Waals surface area (Å²) in [5.41, 5.74) is 24.3. The molecule has 0 atom stereocenters. The first-order valence-electron chi connectivity index (χ1n) is 12.3. The highest BCUT2D eigenvalue weighted by atomic mass is 14.5. The van der Waals surface area contributed by atoms with Crippen LogP contribution < -0.4 is 11.5 Å². The summed E-state index contributed by atoms with van der Waals surface area (Å²) in [7, 11) is 0. The number of nitrogen functional groups attached to an aromatic ring is 2. The fourth-order valence-corrected chi connectivity index (χ4v) is 4.59. The maximum absolute atomic E-state index is 5.87. The van der Waals surface area contributed by atoms with E-state index >= 15 is 0 Å². The molecule has 0 bridgehead atoms. The van der Waals surface area contributed by atoms with Crippen LogP contribution in [-0.4, -0.2) is 0 Å². The summed E-state index contributed by atoms with van der Waals surface area (Å²) < 4.78 is 0. The van der Waals surface area contributed by atoms with E-state index in [4.69, 9.17) is 11.5 Å². The average molecular weight is 449 g/mol. The fraction of sp³-hybridized carbons (Fsp3) is 0.250. The number of anilines is 2. The van der Waals surface area contributed by atoms with E-state index in [1.54, 1.807) is 0 Å². The second-order valence-corrected chi connectivity index (χ2v) is 9.50. The van der Waals surface area contributed by atoms with E-state index in [2.05, 4.69) is 86.6 Å². The van der Waals surface area contributed by atoms with Crippen molar-refractivity contribution in [2.75, 3.05) is 11.5 Å². The Morgan fingerprint density at radius 3 is 1.00 bits per heavy atom. The predicted molar refractivity (Wildman–Crippen MR) is 146 cm³/mol. The molecule has 0 amide bonds. The van der Waals surface area contributed by atoms with Crippen molar-refractivity contribution in [3.05, 3.63) is 129 Å². The highest BCUT2D eigenvalue weighted by Gasteiger charge is 2.03. The van der Waals surface area contributed by atoms with Gasteiger partial charge in [-0.05, 0) is 121 Å². The Hall–Kier alpha value is -3.52. The van der Waals surface area contributed by atoms with Gasteiger partial charge in [-0.1, -0.05) is 60.7 Å². The van der Waals surface area contributed by atoms with Crippen LogP contribution in [0, 0.1) is 13.8 Å². The number of benzene rings is 4. The van der Waals surface area contributed by atoms with Crippen LogP contribution in [0.15, 0.2) is 84.9 Å². The molecule has 2 nitrogen and oxygen atoms in total. The number of aryl methyl sites for hydroxylation is 8. The number of nitrogens with two attached hydrogens (primary N) is 2. The van der Waals surface area contributed by atoms with Crippen molar-refractivity contribution in [1.29, 1.82) is 0 Å². The van der Waals surface area contributed by atoms with Gasteiger partial charge < -0.3 is 11.5 Å². The first-order chi connectivity index (χ1) is 16.5. The molecule has 4 aromatic carbocycles. The lowest BCUT2D eigenvalue weighted by Gasteiger charge is -2.09. The van der Waals surface area contributed by atoms with Gasteiger partial charge in [-0.3, -0.25) is 0 Å².